The maximum absolute atomic E-state index is 12.1. The number of hydrogen-bond donors (Lipinski definition) is 0. The fourth-order valence-corrected chi connectivity index (χ4v) is 1.81. The Labute approximate surface area is 155 Å². The van der Waals surface area contributed by atoms with Gasteiger partial charge >= 0.3 is 17.6 Å². The van der Waals surface area contributed by atoms with Gasteiger partial charge in [0.25, 0.3) is 0 Å². The van der Waals surface area contributed by atoms with Gasteiger partial charge in [-0.05, 0) is 6.07 Å². The molecule has 0 aromatic heterocycles. The van der Waals surface area contributed by atoms with Crippen LogP contribution in [0.4, 0.5) is 5.69 Å². The summed E-state index contributed by atoms with van der Waals surface area (Å²) < 4.78 is 12.2. The number of carbonyl (C=O) groups excluding carboxylic acids is 2. The molecule has 0 saturated carbocycles. The Balaban J connectivity index is 3.22. The lowest BCUT2D eigenvalue weighted by molar-refractivity contribution is -0.385. The van der Waals surface area contributed by atoms with Gasteiger partial charge in [0, 0.05) is 11.1 Å². The molecule has 1 aromatic carbocycles. The molecular weight excluding hydrogens is 412 g/mol. The Morgan fingerprint density at radius 1 is 1.29 bits per heavy atom. The van der Waals surface area contributed by atoms with Gasteiger partial charge in [-0.25, -0.2) is 9.59 Å². The van der Waals surface area contributed by atoms with E-state index < -0.39 is 50.9 Å². The van der Waals surface area contributed by atoms with Crippen molar-refractivity contribution >= 4 is 64.0 Å². The molecule has 0 heterocycles. The maximum atomic E-state index is 12.1. The van der Waals surface area contributed by atoms with Crippen molar-refractivity contribution in [1.82, 2.24) is 0 Å². The van der Waals surface area contributed by atoms with Crippen LogP contribution in [0.2, 0.25) is 5.02 Å². The number of carbonyl (C=O) groups is 2. The normalized spacial score (nSPS) is 10.9. The van der Waals surface area contributed by atoms with Crippen LogP contribution in [0.1, 0.15) is 10.4 Å². The Bertz CT molecular complexity index is 660. The zero-order chi connectivity index (χ0) is 18.5. The van der Waals surface area contributed by atoms with Crippen molar-refractivity contribution in [2.45, 2.75) is 3.79 Å². The molecule has 0 aliphatic carbocycles. The Morgan fingerprint density at radius 2 is 1.92 bits per heavy atom. The maximum Gasteiger partial charge on any atom is 0.343 e. The number of nitro groups is 1. The van der Waals surface area contributed by atoms with E-state index in [0.29, 0.717) is 0 Å². The van der Waals surface area contributed by atoms with Crippen LogP contribution >= 0.6 is 46.4 Å². The average Bonchev–Trinajstić information content (AvgIpc) is 2.49. The average molecular weight is 421 g/mol. The third-order valence-corrected chi connectivity index (χ3v) is 2.93. The third kappa shape index (κ3) is 6.20. The molecule has 0 amide bonds. The number of ether oxygens (including phenoxy) is 3. The van der Waals surface area contributed by atoms with Crippen molar-refractivity contribution < 1.29 is 28.7 Å². The molecule has 0 N–H and O–H groups in total. The summed E-state index contributed by atoms with van der Waals surface area (Å²) >= 11 is 22.2. The molecule has 0 fully saturated rings. The first-order valence-corrected chi connectivity index (χ1v) is 7.47. The second-order valence-corrected chi connectivity index (χ2v) is 7.07. The molecule has 24 heavy (non-hydrogen) atoms. The van der Waals surface area contributed by atoms with Crippen molar-refractivity contribution in [3.8, 4) is 5.75 Å². The number of nitro benzene ring substituents is 1. The Morgan fingerprint density at radius 3 is 2.42 bits per heavy atom. The molecule has 0 aliphatic rings. The highest BCUT2D eigenvalue weighted by atomic mass is 35.6. The van der Waals surface area contributed by atoms with Crippen molar-refractivity contribution in [2.24, 2.45) is 0 Å². The SMILES string of the molecule is COC(=O)COc1c(C(=O)OCC(Cl)(Cl)Cl)cc(Cl)cc1[N+](=O)[O-]. The molecule has 0 radical (unpaired) electrons. The minimum absolute atomic E-state index is 0.132. The van der Waals surface area contributed by atoms with Crippen LogP contribution in [0.25, 0.3) is 0 Å². The van der Waals surface area contributed by atoms with Crippen LogP contribution in [0.5, 0.6) is 5.75 Å². The van der Waals surface area contributed by atoms with E-state index >= 15 is 0 Å². The first kappa shape index (κ1) is 20.6. The number of benzene rings is 1. The van der Waals surface area contributed by atoms with Gasteiger partial charge in [0.15, 0.2) is 6.61 Å². The second kappa shape index (κ2) is 8.57. The van der Waals surface area contributed by atoms with E-state index in [4.69, 9.17) is 55.9 Å². The molecule has 0 spiro atoms. The summed E-state index contributed by atoms with van der Waals surface area (Å²) in [5.41, 5.74) is -1.06. The van der Waals surface area contributed by atoms with Gasteiger partial charge in [-0.1, -0.05) is 46.4 Å². The first-order valence-electron chi connectivity index (χ1n) is 5.96. The molecule has 12 heteroatoms. The van der Waals surface area contributed by atoms with E-state index in [1.165, 1.54) is 0 Å². The molecule has 8 nitrogen and oxygen atoms in total. The standard InChI is InChI=1S/C12H9Cl4NO7/c1-22-9(18)4-23-10-7(11(19)24-5-12(14,15)16)2-6(13)3-8(10)17(20)21/h2-3H,4-5H2,1H3. The Kier molecular flexibility index (Phi) is 7.34. The van der Waals surface area contributed by atoms with Gasteiger partial charge in [0.05, 0.1) is 12.0 Å². The molecule has 0 atom stereocenters. The van der Waals surface area contributed by atoms with Gasteiger partial charge in [-0.15, -0.1) is 0 Å². The zero-order valence-corrected chi connectivity index (χ0v) is 14.9. The van der Waals surface area contributed by atoms with E-state index in [0.717, 1.165) is 19.2 Å². The van der Waals surface area contributed by atoms with Crippen molar-refractivity contribution in [2.75, 3.05) is 20.3 Å². The number of rotatable bonds is 6. The van der Waals surface area contributed by atoms with Crippen LogP contribution in [0.3, 0.4) is 0 Å². The topological polar surface area (TPSA) is 105 Å². The number of halogens is 4. The van der Waals surface area contributed by atoms with Gasteiger partial charge < -0.3 is 14.2 Å². The largest absolute Gasteiger partial charge is 0.474 e. The fraction of sp³-hybridized carbons (Fsp3) is 0.333. The van der Waals surface area contributed by atoms with Crippen LogP contribution in [0.15, 0.2) is 12.1 Å². The predicted molar refractivity (Wildman–Crippen MR) is 86.2 cm³/mol. The van der Waals surface area contributed by atoms with Crippen LogP contribution < -0.4 is 4.74 Å². The van der Waals surface area contributed by atoms with Gasteiger partial charge in [0.1, 0.15) is 12.2 Å². The lowest BCUT2D eigenvalue weighted by Gasteiger charge is -2.14. The molecule has 132 valence electrons. The van der Waals surface area contributed by atoms with Crippen LogP contribution in [0, 0.1) is 10.1 Å². The highest BCUT2D eigenvalue weighted by Crippen LogP contribution is 2.35. The van der Waals surface area contributed by atoms with Gasteiger partial charge in [-0.3, -0.25) is 10.1 Å². The summed E-state index contributed by atoms with van der Waals surface area (Å²) in [6.07, 6.45) is 0. The lowest BCUT2D eigenvalue weighted by Crippen LogP contribution is -2.19. The molecule has 0 saturated heterocycles. The smallest absolute Gasteiger partial charge is 0.343 e. The van der Waals surface area contributed by atoms with E-state index in [1.54, 1.807) is 0 Å². The van der Waals surface area contributed by atoms with Gasteiger partial charge in [0.2, 0.25) is 9.54 Å². The van der Waals surface area contributed by atoms with E-state index in [1.807, 2.05) is 0 Å². The highest BCUT2D eigenvalue weighted by Gasteiger charge is 2.29. The molecule has 1 rings (SSSR count). The Hall–Kier alpha value is -1.48. The number of methoxy groups -OCH3 is 1. The zero-order valence-electron chi connectivity index (χ0n) is 11.9. The monoisotopic (exact) mass is 419 g/mol. The van der Waals surface area contributed by atoms with Crippen LogP contribution in [-0.2, 0) is 14.3 Å². The summed E-state index contributed by atoms with van der Waals surface area (Å²) in [4.78, 5) is 33.5. The summed E-state index contributed by atoms with van der Waals surface area (Å²) in [5, 5.41) is 11.0. The number of alkyl halides is 3. The fourth-order valence-electron chi connectivity index (χ4n) is 1.43. The van der Waals surface area contributed by atoms with Gasteiger partial charge in [-0.2, -0.15) is 0 Å². The summed E-state index contributed by atoms with van der Waals surface area (Å²) in [6, 6.07) is 2.00. The number of esters is 2. The summed E-state index contributed by atoms with van der Waals surface area (Å²) in [6.45, 7) is -1.29. The molecule has 0 bridgehead atoms. The molecule has 1 aromatic rings. The predicted octanol–water partition coefficient (Wildman–Crippen LogP) is 3.33. The molecular formula is C12H9Cl4NO7. The number of nitrogens with zero attached hydrogens (tertiary/aromatic N) is 1. The minimum Gasteiger partial charge on any atom is -0.474 e. The first-order chi connectivity index (χ1) is 11.0. The quantitative estimate of drug-likeness (QED) is 0.300. The minimum atomic E-state index is -1.88. The number of hydrogen-bond acceptors (Lipinski definition) is 7. The summed E-state index contributed by atoms with van der Waals surface area (Å²) in [5.74, 6) is -2.43. The van der Waals surface area contributed by atoms with E-state index in [9.17, 15) is 19.7 Å². The van der Waals surface area contributed by atoms with Crippen molar-refractivity contribution in [1.29, 1.82) is 0 Å². The summed E-state index contributed by atoms with van der Waals surface area (Å²) in [7, 11) is 1.10. The second-order valence-electron chi connectivity index (χ2n) is 4.11. The van der Waals surface area contributed by atoms with Crippen LogP contribution in [-0.4, -0.2) is 41.0 Å². The highest BCUT2D eigenvalue weighted by molar-refractivity contribution is 6.67. The molecule has 0 unspecified atom stereocenters. The third-order valence-electron chi connectivity index (χ3n) is 2.38. The van der Waals surface area contributed by atoms with Crippen molar-refractivity contribution in [3.63, 3.8) is 0 Å². The molecule has 0 aliphatic heterocycles. The van der Waals surface area contributed by atoms with E-state index in [-0.39, 0.29) is 5.02 Å². The van der Waals surface area contributed by atoms with Crippen molar-refractivity contribution in [3.05, 3.63) is 32.8 Å². The lowest BCUT2D eigenvalue weighted by atomic mass is 10.1. The van der Waals surface area contributed by atoms with E-state index in [2.05, 4.69) is 4.74 Å².